The summed E-state index contributed by atoms with van der Waals surface area (Å²) in [6, 6.07) is 10.4. The summed E-state index contributed by atoms with van der Waals surface area (Å²) in [5, 5.41) is 4.81. The van der Waals surface area contributed by atoms with Crippen LogP contribution in [0.3, 0.4) is 0 Å². The number of anilines is 1. The van der Waals surface area contributed by atoms with Crippen LogP contribution in [0, 0.1) is 0 Å². The maximum Gasteiger partial charge on any atom is 0.271 e. The average molecular weight is 394 g/mol. The van der Waals surface area contributed by atoms with Gasteiger partial charge in [0.1, 0.15) is 4.21 Å². The van der Waals surface area contributed by atoms with Crippen LogP contribution in [0.2, 0.25) is 0 Å². The van der Waals surface area contributed by atoms with E-state index in [1.54, 1.807) is 41.8 Å². The van der Waals surface area contributed by atoms with Crippen molar-refractivity contribution in [2.24, 2.45) is 0 Å². The summed E-state index contributed by atoms with van der Waals surface area (Å²) in [6.07, 6.45) is 2.25. The summed E-state index contributed by atoms with van der Waals surface area (Å²) in [7, 11) is -1.45. The van der Waals surface area contributed by atoms with Crippen molar-refractivity contribution >= 4 is 33.0 Å². The number of nitrogens with one attached hydrogen (secondary N) is 2. The Labute approximate surface area is 158 Å². The molecule has 0 aliphatic carbocycles. The molecule has 1 fully saturated rings. The van der Waals surface area contributed by atoms with Gasteiger partial charge in [0.25, 0.3) is 10.0 Å². The van der Waals surface area contributed by atoms with Crippen LogP contribution in [0.4, 0.5) is 5.69 Å². The highest BCUT2D eigenvalue weighted by Gasteiger charge is 2.18. The van der Waals surface area contributed by atoms with E-state index in [1.165, 1.54) is 11.3 Å². The maximum atomic E-state index is 12.2. The summed E-state index contributed by atoms with van der Waals surface area (Å²) in [6.45, 7) is 2.01. The van der Waals surface area contributed by atoms with Gasteiger partial charge in [-0.25, -0.2) is 8.42 Å². The maximum absolute atomic E-state index is 12.2. The minimum absolute atomic E-state index is 0.00599. The Morgan fingerprint density at radius 1 is 1.19 bits per heavy atom. The first-order valence-electron chi connectivity index (χ1n) is 8.55. The minimum Gasteiger partial charge on any atom is -0.353 e. The predicted octanol–water partition coefficient (Wildman–Crippen LogP) is 2.30. The summed E-state index contributed by atoms with van der Waals surface area (Å²) >= 11 is 1.17. The Hall–Kier alpha value is -1.90. The minimum atomic E-state index is -3.54. The Kier molecular flexibility index (Phi) is 5.95. The monoisotopic (exact) mass is 393 g/mol. The van der Waals surface area contributed by atoms with Gasteiger partial charge in [-0.2, -0.15) is 0 Å². The highest BCUT2D eigenvalue weighted by molar-refractivity contribution is 7.94. The van der Waals surface area contributed by atoms with Crippen molar-refractivity contribution in [3.8, 4) is 0 Å². The predicted molar refractivity (Wildman–Crippen MR) is 104 cm³/mol. The number of amides is 1. The topological polar surface area (TPSA) is 78.5 Å². The lowest BCUT2D eigenvalue weighted by atomic mass is 10.0. The van der Waals surface area contributed by atoms with Crippen molar-refractivity contribution < 1.29 is 13.2 Å². The largest absolute Gasteiger partial charge is 0.353 e. The SMILES string of the molecule is CN1CCC(NC(=O)Cc2ccc(NS(=O)(=O)c3cccs3)cc2)CC1. The Morgan fingerprint density at radius 3 is 2.50 bits per heavy atom. The van der Waals surface area contributed by atoms with E-state index in [0.29, 0.717) is 12.1 Å². The molecule has 2 heterocycles. The number of piperidine rings is 1. The number of thiophene rings is 1. The van der Waals surface area contributed by atoms with Gasteiger partial charge in [0, 0.05) is 11.7 Å². The zero-order chi connectivity index (χ0) is 18.6. The summed E-state index contributed by atoms with van der Waals surface area (Å²) in [4.78, 5) is 14.5. The van der Waals surface area contributed by atoms with Crippen LogP contribution in [0.15, 0.2) is 46.0 Å². The molecule has 1 aromatic heterocycles. The molecule has 1 aliphatic heterocycles. The van der Waals surface area contributed by atoms with Crippen LogP contribution in [0.5, 0.6) is 0 Å². The van der Waals surface area contributed by atoms with Gasteiger partial charge < -0.3 is 10.2 Å². The molecule has 0 radical (unpaired) electrons. The van der Waals surface area contributed by atoms with Gasteiger partial charge in [0.2, 0.25) is 5.91 Å². The van der Waals surface area contributed by atoms with Crippen molar-refractivity contribution in [2.45, 2.75) is 29.5 Å². The van der Waals surface area contributed by atoms with Crippen molar-refractivity contribution in [1.29, 1.82) is 0 Å². The number of sulfonamides is 1. The summed E-state index contributed by atoms with van der Waals surface area (Å²) in [5.41, 5.74) is 1.34. The fourth-order valence-corrected chi connectivity index (χ4v) is 4.98. The fraction of sp³-hybridized carbons (Fsp3) is 0.389. The van der Waals surface area contributed by atoms with Crippen LogP contribution < -0.4 is 10.0 Å². The summed E-state index contributed by atoms with van der Waals surface area (Å²) < 4.78 is 27.2. The molecule has 0 bridgehead atoms. The van der Waals surface area contributed by atoms with E-state index in [1.807, 2.05) is 0 Å². The van der Waals surface area contributed by atoms with Crippen molar-refractivity contribution in [2.75, 3.05) is 24.9 Å². The summed E-state index contributed by atoms with van der Waals surface area (Å²) in [5.74, 6) is 0.00599. The standard InChI is InChI=1S/C18H23N3O3S2/c1-21-10-8-15(9-11-21)19-17(22)13-14-4-6-16(7-5-14)20-26(23,24)18-3-2-12-25-18/h2-7,12,15,20H,8-11,13H2,1H3,(H,19,22). The molecule has 1 aromatic carbocycles. The molecule has 0 unspecified atom stereocenters. The Bertz CT molecular complexity index is 825. The average Bonchev–Trinajstić information content (AvgIpc) is 3.14. The van der Waals surface area contributed by atoms with Crippen LogP contribution in [-0.2, 0) is 21.2 Å². The number of rotatable bonds is 6. The zero-order valence-corrected chi connectivity index (χ0v) is 16.3. The smallest absolute Gasteiger partial charge is 0.271 e. The second kappa shape index (κ2) is 8.20. The van der Waals surface area contributed by atoms with Gasteiger partial charge in [-0.15, -0.1) is 11.3 Å². The Balaban J connectivity index is 1.53. The molecular weight excluding hydrogens is 370 g/mol. The number of hydrogen-bond donors (Lipinski definition) is 2. The van der Waals surface area contributed by atoms with Gasteiger partial charge in [0.05, 0.1) is 6.42 Å². The molecule has 0 atom stereocenters. The van der Waals surface area contributed by atoms with E-state index in [4.69, 9.17) is 0 Å². The van der Waals surface area contributed by atoms with Gasteiger partial charge in [-0.05, 0) is 62.1 Å². The van der Waals surface area contributed by atoms with Crippen molar-refractivity contribution in [1.82, 2.24) is 10.2 Å². The first-order chi connectivity index (χ1) is 12.4. The van der Waals surface area contributed by atoms with Crippen LogP contribution in [0.25, 0.3) is 0 Å². The molecule has 2 N–H and O–H groups in total. The number of hydrogen-bond acceptors (Lipinski definition) is 5. The zero-order valence-electron chi connectivity index (χ0n) is 14.6. The van der Waals surface area contributed by atoms with Crippen molar-refractivity contribution in [3.63, 3.8) is 0 Å². The molecular formula is C18H23N3O3S2. The quantitative estimate of drug-likeness (QED) is 0.789. The highest BCUT2D eigenvalue weighted by atomic mass is 32.2. The molecule has 2 aromatic rings. The van der Waals surface area contributed by atoms with Crippen LogP contribution in [0.1, 0.15) is 18.4 Å². The first-order valence-corrected chi connectivity index (χ1v) is 10.9. The second-order valence-electron chi connectivity index (χ2n) is 6.56. The molecule has 0 saturated carbocycles. The molecule has 3 rings (SSSR count). The number of benzene rings is 1. The lowest BCUT2D eigenvalue weighted by molar-refractivity contribution is -0.121. The van der Waals surface area contributed by atoms with E-state index in [9.17, 15) is 13.2 Å². The number of carbonyl (C=O) groups is 1. The van der Waals surface area contributed by atoms with Crippen LogP contribution >= 0.6 is 11.3 Å². The third kappa shape index (κ3) is 5.06. The third-order valence-corrected chi connectivity index (χ3v) is 7.19. The van der Waals surface area contributed by atoms with Crippen LogP contribution in [-0.4, -0.2) is 45.4 Å². The van der Waals surface area contributed by atoms with Gasteiger partial charge in [-0.1, -0.05) is 18.2 Å². The van der Waals surface area contributed by atoms with E-state index >= 15 is 0 Å². The number of nitrogens with zero attached hydrogens (tertiary/aromatic N) is 1. The van der Waals surface area contributed by atoms with Gasteiger partial charge >= 0.3 is 0 Å². The molecule has 8 heteroatoms. The molecule has 140 valence electrons. The molecule has 6 nitrogen and oxygen atoms in total. The number of likely N-dealkylation sites (tertiary alicyclic amines) is 1. The third-order valence-electron chi connectivity index (χ3n) is 4.41. The first kappa shape index (κ1) is 18.9. The van der Waals surface area contributed by atoms with E-state index in [2.05, 4.69) is 22.0 Å². The second-order valence-corrected chi connectivity index (χ2v) is 9.41. The highest BCUT2D eigenvalue weighted by Crippen LogP contribution is 2.20. The van der Waals surface area contributed by atoms with Gasteiger partial charge in [-0.3, -0.25) is 9.52 Å². The van der Waals surface area contributed by atoms with E-state index in [-0.39, 0.29) is 16.2 Å². The lowest BCUT2D eigenvalue weighted by Crippen LogP contribution is -2.43. The molecule has 1 saturated heterocycles. The van der Waals surface area contributed by atoms with E-state index < -0.39 is 10.0 Å². The normalized spacial score (nSPS) is 16.3. The lowest BCUT2D eigenvalue weighted by Gasteiger charge is -2.29. The fourth-order valence-electron chi connectivity index (χ4n) is 2.93. The number of carbonyl (C=O) groups excluding carboxylic acids is 1. The molecule has 0 spiro atoms. The van der Waals surface area contributed by atoms with Gasteiger partial charge in [0.15, 0.2) is 0 Å². The van der Waals surface area contributed by atoms with Crippen molar-refractivity contribution in [3.05, 3.63) is 47.3 Å². The molecule has 26 heavy (non-hydrogen) atoms. The van der Waals surface area contributed by atoms with E-state index in [0.717, 1.165) is 31.5 Å². The molecule has 1 amide bonds. The Morgan fingerprint density at radius 2 is 1.88 bits per heavy atom. The molecule has 1 aliphatic rings.